The Morgan fingerprint density at radius 3 is 2.37 bits per heavy atom. The minimum atomic E-state index is -4.35. The van der Waals surface area contributed by atoms with Gasteiger partial charge in [0.25, 0.3) is 0 Å². The SMILES string of the molecule is CCC(N)(CC)c1nc2ccc(C(F)(F)F)cc2[nH]1. The average Bonchev–Trinajstić information content (AvgIpc) is 2.80. The van der Waals surface area contributed by atoms with Gasteiger partial charge in [0.15, 0.2) is 0 Å². The standard InChI is InChI=1S/C13H16F3N3/c1-3-12(17,4-2)11-18-9-6-5-8(13(14,15)16)7-10(9)19-11/h5-7H,3-4,17H2,1-2H3,(H,18,19). The van der Waals surface area contributed by atoms with Crippen LogP contribution in [0.3, 0.4) is 0 Å². The molecule has 0 aliphatic carbocycles. The molecule has 0 aliphatic rings. The van der Waals surface area contributed by atoms with Crippen molar-refractivity contribution in [1.82, 2.24) is 9.97 Å². The molecule has 2 rings (SSSR count). The number of nitrogens with one attached hydrogen (secondary N) is 1. The fourth-order valence-corrected chi connectivity index (χ4v) is 2.01. The molecule has 0 fully saturated rings. The molecule has 0 aliphatic heterocycles. The molecule has 6 heteroatoms. The fourth-order valence-electron chi connectivity index (χ4n) is 2.01. The molecule has 0 amide bonds. The Hall–Kier alpha value is -1.56. The largest absolute Gasteiger partial charge is 0.416 e. The third kappa shape index (κ3) is 2.45. The average molecular weight is 271 g/mol. The van der Waals surface area contributed by atoms with Gasteiger partial charge in [-0.25, -0.2) is 4.98 Å². The predicted molar refractivity (Wildman–Crippen MR) is 67.5 cm³/mol. The van der Waals surface area contributed by atoms with E-state index in [1.165, 1.54) is 6.07 Å². The highest BCUT2D eigenvalue weighted by atomic mass is 19.4. The molecule has 0 unspecified atom stereocenters. The lowest BCUT2D eigenvalue weighted by Gasteiger charge is -2.23. The summed E-state index contributed by atoms with van der Waals surface area (Å²) in [6.07, 6.45) is -3.03. The Morgan fingerprint density at radius 2 is 1.84 bits per heavy atom. The quantitative estimate of drug-likeness (QED) is 0.896. The zero-order valence-electron chi connectivity index (χ0n) is 10.8. The molecule has 0 saturated carbocycles. The Bertz CT molecular complexity index is 582. The number of nitrogens with two attached hydrogens (primary N) is 1. The van der Waals surface area contributed by atoms with Gasteiger partial charge in [0, 0.05) is 0 Å². The molecule has 1 aromatic heterocycles. The van der Waals surface area contributed by atoms with Gasteiger partial charge in [-0.1, -0.05) is 13.8 Å². The Labute approximate surface area is 109 Å². The first-order valence-corrected chi connectivity index (χ1v) is 6.16. The lowest BCUT2D eigenvalue weighted by atomic mass is 9.93. The van der Waals surface area contributed by atoms with Crippen LogP contribution in [0.1, 0.15) is 38.1 Å². The van der Waals surface area contributed by atoms with Crippen molar-refractivity contribution in [3.05, 3.63) is 29.6 Å². The van der Waals surface area contributed by atoms with Crippen LogP contribution in [0.2, 0.25) is 0 Å². The Balaban J connectivity index is 2.52. The molecule has 2 aromatic rings. The minimum Gasteiger partial charge on any atom is -0.340 e. The molecule has 0 bridgehead atoms. The van der Waals surface area contributed by atoms with Crippen LogP contribution in [0, 0.1) is 0 Å². The minimum absolute atomic E-state index is 0.363. The zero-order valence-corrected chi connectivity index (χ0v) is 10.8. The first kappa shape index (κ1) is 13.9. The molecule has 1 heterocycles. The highest BCUT2D eigenvalue weighted by Crippen LogP contribution is 2.32. The first-order chi connectivity index (χ1) is 8.80. The number of hydrogen-bond donors (Lipinski definition) is 2. The first-order valence-electron chi connectivity index (χ1n) is 6.16. The summed E-state index contributed by atoms with van der Waals surface area (Å²) in [5.41, 5.74) is 5.74. The van der Waals surface area contributed by atoms with E-state index in [0.717, 1.165) is 12.1 Å². The van der Waals surface area contributed by atoms with Crippen LogP contribution in [0.25, 0.3) is 11.0 Å². The van der Waals surface area contributed by atoms with Gasteiger partial charge < -0.3 is 10.7 Å². The third-order valence-electron chi connectivity index (χ3n) is 3.54. The Kier molecular flexibility index (Phi) is 3.30. The second kappa shape index (κ2) is 4.52. The van der Waals surface area contributed by atoms with Crippen LogP contribution in [0.15, 0.2) is 18.2 Å². The maximum atomic E-state index is 12.6. The second-order valence-corrected chi connectivity index (χ2v) is 4.68. The number of aromatic amines is 1. The molecule has 104 valence electrons. The van der Waals surface area contributed by atoms with Crippen LogP contribution in [-0.2, 0) is 11.7 Å². The van der Waals surface area contributed by atoms with Gasteiger partial charge in [0.05, 0.1) is 22.1 Å². The van der Waals surface area contributed by atoms with Gasteiger partial charge in [-0.15, -0.1) is 0 Å². The summed E-state index contributed by atoms with van der Waals surface area (Å²) in [5.74, 6) is 0.534. The van der Waals surface area contributed by atoms with E-state index in [-0.39, 0.29) is 0 Å². The number of benzene rings is 1. The molecule has 19 heavy (non-hydrogen) atoms. The number of H-pyrrole nitrogens is 1. The fraction of sp³-hybridized carbons (Fsp3) is 0.462. The van der Waals surface area contributed by atoms with E-state index in [2.05, 4.69) is 9.97 Å². The summed E-state index contributed by atoms with van der Waals surface area (Å²) in [6.45, 7) is 3.86. The van der Waals surface area contributed by atoms with Crippen LogP contribution >= 0.6 is 0 Å². The summed E-state index contributed by atoms with van der Waals surface area (Å²) in [6, 6.07) is 3.46. The van der Waals surface area contributed by atoms with E-state index in [9.17, 15) is 13.2 Å². The number of nitrogens with zero attached hydrogens (tertiary/aromatic N) is 1. The lowest BCUT2D eigenvalue weighted by molar-refractivity contribution is -0.137. The van der Waals surface area contributed by atoms with Crippen LogP contribution in [0.5, 0.6) is 0 Å². The number of hydrogen-bond acceptors (Lipinski definition) is 2. The van der Waals surface area contributed by atoms with E-state index in [4.69, 9.17) is 5.73 Å². The summed E-state index contributed by atoms with van der Waals surface area (Å²) < 4.78 is 37.9. The zero-order chi connectivity index (χ0) is 14.3. The summed E-state index contributed by atoms with van der Waals surface area (Å²) in [5, 5.41) is 0. The van der Waals surface area contributed by atoms with Crippen molar-refractivity contribution in [3.63, 3.8) is 0 Å². The second-order valence-electron chi connectivity index (χ2n) is 4.68. The molecular weight excluding hydrogens is 255 g/mol. The van der Waals surface area contributed by atoms with Crippen LogP contribution < -0.4 is 5.73 Å². The van der Waals surface area contributed by atoms with Gasteiger partial charge in [-0.05, 0) is 31.0 Å². The molecule has 0 atom stereocenters. The number of rotatable bonds is 3. The molecule has 0 saturated heterocycles. The van der Waals surface area contributed by atoms with E-state index in [1.807, 2.05) is 13.8 Å². The molecule has 0 radical (unpaired) electrons. The van der Waals surface area contributed by atoms with Gasteiger partial charge in [-0.3, -0.25) is 0 Å². The van der Waals surface area contributed by atoms with Crippen LogP contribution in [0.4, 0.5) is 13.2 Å². The normalized spacial score (nSPS) is 13.2. The van der Waals surface area contributed by atoms with Gasteiger partial charge in [-0.2, -0.15) is 13.2 Å². The highest BCUT2D eigenvalue weighted by molar-refractivity contribution is 5.76. The van der Waals surface area contributed by atoms with Crippen molar-refractivity contribution in [2.45, 2.75) is 38.4 Å². The van der Waals surface area contributed by atoms with Crippen molar-refractivity contribution in [1.29, 1.82) is 0 Å². The summed E-state index contributed by atoms with van der Waals surface area (Å²) in [4.78, 5) is 7.22. The lowest BCUT2D eigenvalue weighted by Crippen LogP contribution is -2.36. The highest BCUT2D eigenvalue weighted by Gasteiger charge is 2.31. The molecule has 0 spiro atoms. The van der Waals surface area contributed by atoms with Crippen molar-refractivity contribution in [2.75, 3.05) is 0 Å². The predicted octanol–water partition coefficient (Wildman–Crippen LogP) is 3.56. The molecular formula is C13H16F3N3. The van der Waals surface area contributed by atoms with Crippen molar-refractivity contribution >= 4 is 11.0 Å². The third-order valence-corrected chi connectivity index (χ3v) is 3.54. The van der Waals surface area contributed by atoms with Crippen molar-refractivity contribution < 1.29 is 13.2 Å². The van der Waals surface area contributed by atoms with E-state index in [1.54, 1.807) is 0 Å². The molecule has 3 nitrogen and oxygen atoms in total. The maximum Gasteiger partial charge on any atom is 0.416 e. The number of imidazole rings is 1. The van der Waals surface area contributed by atoms with Gasteiger partial charge in [0.1, 0.15) is 5.82 Å². The number of halogens is 3. The Morgan fingerprint density at radius 1 is 1.21 bits per heavy atom. The van der Waals surface area contributed by atoms with Gasteiger partial charge >= 0.3 is 6.18 Å². The van der Waals surface area contributed by atoms with Gasteiger partial charge in [0.2, 0.25) is 0 Å². The van der Waals surface area contributed by atoms with Crippen molar-refractivity contribution in [3.8, 4) is 0 Å². The van der Waals surface area contributed by atoms with Crippen molar-refractivity contribution in [2.24, 2.45) is 5.73 Å². The van der Waals surface area contributed by atoms with E-state index < -0.39 is 17.3 Å². The number of alkyl halides is 3. The molecule has 1 aromatic carbocycles. The maximum absolute atomic E-state index is 12.6. The van der Waals surface area contributed by atoms with Crippen LogP contribution in [-0.4, -0.2) is 9.97 Å². The topological polar surface area (TPSA) is 54.7 Å². The molecule has 3 N–H and O–H groups in total. The smallest absolute Gasteiger partial charge is 0.340 e. The monoisotopic (exact) mass is 271 g/mol. The number of fused-ring (bicyclic) bond motifs is 1. The van der Waals surface area contributed by atoms with E-state index in [0.29, 0.717) is 29.7 Å². The number of aromatic nitrogens is 2. The summed E-state index contributed by atoms with van der Waals surface area (Å²) in [7, 11) is 0. The van der Waals surface area contributed by atoms with E-state index >= 15 is 0 Å². The summed E-state index contributed by atoms with van der Waals surface area (Å²) >= 11 is 0.